The molecule has 0 unspecified atom stereocenters. The highest BCUT2D eigenvalue weighted by molar-refractivity contribution is 7.80. The van der Waals surface area contributed by atoms with Crippen LogP contribution in [0.1, 0.15) is 110 Å². The lowest BCUT2D eigenvalue weighted by Gasteiger charge is -2.03. The van der Waals surface area contributed by atoms with Crippen molar-refractivity contribution >= 4 is 16.2 Å². The summed E-state index contributed by atoms with van der Waals surface area (Å²) in [4.78, 5) is 11.8. The van der Waals surface area contributed by atoms with Crippen molar-refractivity contribution in [3.8, 4) is 0 Å². The molecule has 0 aromatic carbocycles. The zero-order chi connectivity index (χ0) is 18.8. The Bertz CT molecular complexity index is 406. The number of hydrogen-bond acceptors (Lipinski definition) is 4. The minimum atomic E-state index is -4.30. The van der Waals surface area contributed by atoms with Gasteiger partial charge >= 0.3 is 10.4 Å². The highest BCUT2D eigenvalue weighted by Crippen LogP contribution is 2.12. The van der Waals surface area contributed by atoms with Crippen LogP contribution in [-0.4, -0.2) is 25.4 Å². The Morgan fingerprint density at radius 3 is 1.56 bits per heavy atom. The number of rotatable bonds is 19. The summed E-state index contributed by atoms with van der Waals surface area (Å²) in [6, 6.07) is 0. The minimum Gasteiger partial charge on any atom is -0.300 e. The molecule has 0 amide bonds. The van der Waals surface area contributed by atoms with Crippen molar-refractivity contribution in [1.82, 2.24) is 0 Å². The van der Waals surface area contributed by atoms with Gasteiger partial charge in [-0.1, -0.05) is 77.6 Å². The van der Waals surface area contributed by atoms with E-state index in [4.69, 9.17) is 4.55 Å². The molecule has 25 heavy (non-hydrogen) atoms. The van der Waals surface area contributed by atoms with Crippen LogP contribution in [0.2, 0.25) is 0 Å². The van der Waals surface area contributed by atoms with Crippen LogP contribution in [0.3, 0.4) is 0 Å². The number of unbranched alkanes of at least 4 members (excludes halogenated alkanes) is 12. The Morgan fingerprint density at radius 2 is 1.12 bits per heavy atom. The summed E-state index contributed by atoms with van der Waals surface area (Å²) < 4.78 is 33.3. The third kappa shape index (κ3) is 21.5. The molecule has 150 valence electrons. The molecule has 6 heteroatoms. The summed E-state index contributed by atoms with van der Waals surface area (Å²) in [6.45, 7) is 2.26. The summed E-state index contributed by atoms with van der Waals surface area (Å²) in [5.74, 6) is 0.373. The lowest BCUT2D eigenvalue weighted by Crippen LogP contribution is -2.04. The van der Waals surface area contributed by atoms with Crippen LogP contribution in [0.15, 0.2) is 0 Å². The van der Waals surface area contributed by atoms with Crippen molar-refractivity contribution in [2.75, 3.05) is 6.61 Å². The zero-order valence-corrected chi connectivity index (χ0v) is 16.8. The van der Waals surface area contributed by atoms with E-state index in [1.165, 1.54) is 51.4 Å². The van der Waals surface area contributed by atoms with Gasteiger partial charge in [-0.2, -0.15) is 8.42 Å². The van der Waals surface area contributed by atoms with Gasteiger partial charge in [-0.3, -0.25) is 9.35 Å². The van der Waals surface area contributed by atoms with Crippen LogP contribution >= 0.6 is 0 Å². The number of hydrogen-bond donors (Lipinski definition) is 1. The second kappa shape index (κ2) is 17.0. The molecule has 0 fully saturated rings. The highest BCUT2D eigenvalue weighted by atomic mass is 32.3. The first-order valence-electron chi connectivity index (χ1n) is 10.1. The molecule has 0 radical (unpaired) electrons. The number of carbonyl (C=O) groups excluding carboxylic acids is 1. The molecule has 0 spiro atoms. The maximum absolute atomic E-state index is 11.8. The summed E-state index contributed by atoms with van der Waals surface area (Å²) in [5.41, 5.74) is 0. The molecule has 1 N–H and O–H groups in total. The predicted molar refractivity (Wildman–Crippen MR) is 102 cm³/mol. The van der Waals surface area contributed by atoms with Crippen LogP contribution in [0.5, 0.6) is 0 Å². The van der Waals surface area contributed by atoms with Crippen LogP contribution < -0.4 is 0 Å². The van der Waals surface area contributed by atoms with Gasteiger partial charge in [0.2, 0.25) is 0 Å². The van der Waals surface area contributed by atoms with Crippen molar-refractivity contribution in [2.45, 2.75) is 110 Å². The molecule has 0 aromatic heterocycles. The van der Waals surface area contributed by atoms with Gasteiger partial charge in [0.25, 0.3) is 0 Å². The maximum atomic E-state index is 11.8. The molecule has 0 rings (SSSR count). The molecule has 0 aromatic rings. The van der Waals surface area contributed by atoms with Gasteiger partial charge in [0.15, 0.2) is 0 Å². The first-order valence-corrected chi connectivity index (χ1v) is 11.5. The van der Waals surface area contributed by atoms with Gasteiger partial charge in [0.1, 0.15) is 5.78 Å². The standard InChI is InChI=1S/C19H38O5S/c1-2-3-4-5-6-7-8-10-13-16-19(20)17-14-11-9-12-15-18-24-25(21,22)23/h2-18H2,1H3,(H,21,22,23). The van der Waals surface area contributed by atoms with Crippen LogP contribution in [0, 0.1) is 0 Å². The van der Waals surface area contributed by atoms with Gasteiger partial charge in [-0.25, -0.2) is 4.18 Å². The van der Waals surface area contributed by atoms with Crippen molar-refractivity contribution in [1.29, 1.82) is 0 Å². The fourth-order valence-electron chi connectivity index (χ4n) is 2.88. The Balaban J connectivity index is 3.23. The molecule has 0 aliphatic carbocycles. The molecular formula is C19H38O5S. The zero-order valence-electron chi connectivity index (χ0n) is 16.0. The van der Waals surface area contributed by atoms with Gasteiger partial charge in [-0.05, 0) is 19.3 Å². The van der Waals surface area contributed by atoms with Crippen LogP contribution in [-0.2, 0) is 19.4 Å². The molecule has 0 aliphatic heterocycles. The van der Waals surface area contributed by atoms with E-state index in [1.807, 2.05) is 0 Å². The second-order valence-corrected chi connectivity index (χ2v) is 7.98. The minimum absolute atomic E-state index is 0.0242. The van der Waals surface area contributed by atoms with Crippen molar-refractivity contribution < 1.29 is 21.9 Å². The molecular weight excluding hydrogens is 340 g/mol. The maximum Gasteiger partial charge on any atom is 0.397 e. The van der Waals surface area contributed by atoms with E-state index >= 15 is 0 Å². The second-order valence-electron chi connectivity index (χ2n) is 6.88. The van der Waals surface area contributed by atoms with E-state index < -0.39 is 10.4 Å². The summed E-state index contributed by atoms with van der Waals surface area (Å²) in [7, 11) is -4.30. The largest absolute Gasteiger partial charge is 0.397 e. The third-order valence-corrected chi connectivity index (χ3v) is 4.86. The SMILES string of the molecule is CCCCCCCCCCCC(=O)CCCCCCCOS(=O)(=O)O. The molecule has 0 saturated heterocycles. The third-order valence-electron chi connectivity index (χ3n) is 4.39. The van der Waals surface area contributed by atoms with E-state index in [1.54, 1.807) is 0 Å². The number of ketones is 1. The Morgan fingerprint density at radius 1 is 0.720 bits per heavy atom. The Kier molecular flexibility index (Phi) is 16.7. The fraction of sp³-hybridized carbons (Fsp3) is 0.947. The first kappa shape index (κ1) is 24.5. The van der Waals surface area contributed by atoms with E-state index in [-0.39, 0.29) is 6.61 Å². The Hall–Kier alpha value is -0.460. The van der Waals surface area contributed by atoms with Gasteiger partial charge < -0.3 is 0 Å². The smallest absolute Gasteiger partial charge is 0.300 e. The normalized spacial score (nSPS) is 11.8. The number of carbonyl (C=O) groups is 1. The average Bonchev–Trinajstić information content (AvgIpc) is 2.54. The lowest BCUT2D eigenvalue weighted by molar-refractivity contribution is -0.119. The van der Waals surface area contributed by atoms with E-state index in [0.29, 0.717) is 18.6 Å². The average molecular weight is 379 g/mol. The molecule has 0 atom stereocenters. The quantitative estimate of drug-likeness (QED) is 0.232. The van der Waals surface area contributed by atoms with E-state index in [2.05, 4.69) is 11.1 Å². The van der Waals surface area contributed by atoms with E-state index in [0.717, 1.165) is 38.5 Å². The summed E-state index contributed by atoms with van der Waals surface area (Å²) in [5, 5.41) is 0. The Labute approximate surface area is 154 Å². The predicted octanol–water partition coefficient (Wildman–Crippen LogP) is 5.64. The van der Waals surface area contributed by atoms with E-state index in [9.17, 15) is 13.2 Å². The van der Waals surface area contributed by atoms with Crippen molar-refractivity contribution in [2.24, 2.45) is 0 Å². The van der Waals surface area contributed by atoms with Crippen LogP contribution in [0.4, 0.5) is 0 Å². The highest BCUT2D eigenvalue weighted by Gasteiger charge is 2.04. The van der Waals surface area contributed by atoms with Crippen molar-refractivity contribution in [3.63, 3.8) is 0 Å². The lowest BCUT2D eigenvalue weighted by atomic mass is 10.0. The van der Waals surface area contributed by atoms with Gasteiger partial charge in [0, 0.05) is 12.8 Å². The summed E-state index contributed by atoms with van der Waals surface area (Å²) >= 11 is 0. The summed E-state index contributed by atoms with van der Waals surface area (Å²) in [6.07, 6.45) is 17.2. The molecule has 0 aliphatic rings. The topological polar surface area (TPSA) is 80.7 Å². The molecule has 0 heterocycles. The van der Waals surface area contributed by atoms with Gasteiger partial charge in [0.05, 0.1) is 6.61 Å². The molecule has 0 bridgehead atoms. The van der Waals surface area contributed by atoms with Crippen LogP contribution in [0.25, 0.3) is 0 Å². The monoisotopic (exact) mass is 378 g/mol. The first-order chi connectivity index (χ1) is 12.0. The fourth-order valence-corrected chi connectivity index (χ4v) is 3.21. The molecule has 5 nitrogen and oxygen atoms in total. The number of Topliss-reactive ketones (excluding diaryl/α,β-unsaturated/α-hetero) is 1. The van der Waals surface area contributed by atoms with Gasteiger partial charge in [-0.15, -0.1) is 0 Å². The molecule has 0 saturated carbocycles. The van der Waals surface area contributed by atoms with Crippen molar-refractivity contribution in [3.05, 3.63) is 0 Å².